The molecule has 1 amide bonds. The molecule has 3 atom stereocenters. The minimum Gasteiger partial charge on any atom is -0.364 e. The Balaban J connectivity index is 2.14. The quantitative estimate of drug-likeness (QED) is 0.841. The zero-order chi connectivity index (χ0) is 13.1. The van der Waals surface area contributed by atoms with Gasteiger partial charge < -0.3 is 5.73 Å². The first-order chi connectivity index (χ1) is 8.41. The molecular formula is C14H21N3O. The molecule has 4 rings (SSSR count). The number of aromatic amines is 1. The van der Waals surface area contributed by atoms with Crippen LogP contribution < -0.4 is 5.73 Å². The molecule has 0 aliphatic heterocycles. The van der Waals surface area contributed by atoms with Crippen LogP contribution in [0.4, 0.5) is 0 Å². The summed E-state index contributed by atoms with van der Waals surface area (Å²) in [6.45, 7) is 6.96. The van der Waals surface area contributed by atoms with Crippen LogP contribution in [0.15, 0.2) is 6.20 Å². The lowest BCUT2D eigenvalue weighted by molar-refractivity contribution is -0.133. The molecule has 3 unspecified atom stereocenters. The second kappa shape index (κ2) is 3.37. The molecule has 4 nitrogen and oxygen atoms in total. The molecule has 0 radical (unpaired) electrons. The Hall–Kier alpha value is -1.32. The zero-order valence-electron chi connectivity index (χ0n) is 11.3. The molecule has 2 bridgehead atoms. The number of amides is 1. The Morgan fingerprint density at radius 2 is 2.22 bits per heavy atom. The number of nitrogens with zero attached hydrogens (tertiary/aromatic N) is 1. The van der Waals surface area contributed by atoms with Crippen LogP contribution in [0, 0.1) is 17.3 Å². The molecule has 3 aliphatic carbocycles. The molecule has 1 aromatic rings. The summed E-state index contributed by atoms with van der Waals surface area (Å²) in [5, 5.41) is 6.85. The zero-order valence-corrected chi connectivity index (χ0v) is 11.3. The summed E-state index contributed by atoms with van der Waals surface area (Å²) in [5.41, 5.74) is 7.33. The Labute approximate surface area is 107 Å². The van der Waals surface area contributed by atoms with Crippen molar-refractivity contribution in [1.29, 1.82) is 0 Å². The van der Waals surface area contributed by atoms with Gasteiger partial charge in [-0.3, -0.25) is 9.89 Å². The summed E-state index contributed by atoms with van der Waals surface area (Å²) in [5.74, 6) is 0.950. The minimum atomic E-state index is -0.395. The summed E-state index contributed by atoms with van der Waals surface area (Å²) in [6.07, 6.45) is 5.53. The van der Waals surface area contributed by atoms with Gasteiger partial charge in [0.1, 0.15) is 5.69 Å². The van der Waals surface area contributed by atoms with Gasteiger partial charge in [0.05, 0.1) is 6.20 Å². The fourth-order valence-electron chi connectivity index (χ4n) is 4.67. The van der Waals surface area contributed by atoms with Gasteiger partial charge in [-0.2, -0.15) is 5.10 Å². The Morgan fingerprint density at radius 1 is 1.50 bits per heavy atom. The molecule has 98 valence electrons. The second-order valence-electron chi connectivity index (χ2n) is 6.60. The number of H-pyrrole nitrogens is 1. The van der Waals surface area contributed by atoms with Crippen molar-refractivity contribution in [3.8, 4) is 0 Å². The topological polar surface area (TPSA) is 71.8 Å². The summed E-state index contributed by atoms with van der Waals surface area (Å²) in [4.78, 5) is 11.6. The molecule has 3 N–H and O–H groups in total. The van der Waals surface area contributed by atoms with Crippen LogP contribution in [-0.4, -0.2) is 16.1 Å². The molecule has 0 saturated heterocycles. The lowest BCUT2D eigenvalue weighted by atomic mass is 9.35. The fourth-order valence-corrected chi connectivity index (χ4v) is 4.67. The Kier molecular flexibility index (Phi) is 2.20. The van der Waals surface area contributed by atoms with Crippen molar-refractivity contribution in [1.82, 2.24) is 10.2 Å². The van der Waals surface area contributed by atoms with Crippen molar-refractivity contribution >= 4 is 5.91 Å². The number of carbonyl (C=O) groups excluding carboxylic acids is 1. The van der Waals surface area contributed by atoms with Crippen molar-refractivity contribution in [2.45, 2.75) is 45.4 Å². The van der Waals surface area contributed by atoms with Gasteiger partial charge in [0, 0.05) is 11.0 Å². The number of carbonyl (C=O) groups is 1. The van der Waals surface area contributed by atoms with Crippen molar-refractivity contribution in [3.05, 3.63) is 17.5 Å². The van der Waals surface area contributed by atoms with Gasteiger partial charge in [0.2, 0.25) is 0 Å². The van der Waals surface area contributed by atoms with E-state index >= 15 is 0 Å². The van der Waals surface area contributed by atoms with E-state index < -0.39 is 5.91 Å². The number of nitrogens with two attached hydrogens (primary N) is 1. The van der Waals surface area contributed by atoms with Gasteiger partial charge in [-0.15, -0.1) is 0 Å². The average Bonchev–Trinajstić information content (AvgIpc) is 2.77. The number of primary amides is 1. The van der Waals surface area contributed by atoms with Gasteiger partial charge in [0.25, 0.3) is 5.91 Å². The lowest BCUT2D eigenvalue weighted by Gasteiger charge is -2.68. The van der Waals surface area contributed by atoms with Crippen LogP contribution in [-0.2, 0) is 5.41 Å². The van der Waals surface area contributed by atoms with Crippen molar-refractivity contribution in [2.24, 2.45) is 23.0 Å². The van der Waals surface area contributed by atoms with Crippen LogP contribution in [0.2, 0.25) is 0 Å². The highest BCUT2D eigenvalue weighted by molar-refractivity contribution is 5.92. The van der Waals surface area contributed by atoms with Crippen molar-refractivity contribution in [3.63, 3.8) is 0 Å². The first-order valence-electron chi connectivity index (χ1n) is 6.75. The van der Waals surface area contributed by atoms with E-state index in [0.717, 1.165) is 11.5 Å². The van der Waals surface area contributed by atoms with Crippen LogP contribution >= 0.6 is 0 Å². The van der Waals surface area contributed by atoms with E-state index in [2.05, 4.69) is 31.0 Å². The van der Waals surface area contributed by atoms with Crippen LogP contribution in [0.1, 0.15) is 56.1 Å². The number of hydrogen-bond acceptors (Lipinski definition) is 2. The second-order valence-corrected chi connectivity index (χ2v) is 6.60. The number of rotatable bonds is 2. The monoisotopic (exact) mass is 247 g/mol. The highest BCUT2D eigenvalue weighted by Gasteiger charge is 2.66. The molecule has 4 heteroatoms. The molecule has 3 aliphatic rings. The first kappa shape index (κ1) is 11.8. The predicted octanol–water partition coefficient (Wildman–Crippen LogP) is 2.22. The standard InChI is InChI=1S/C14H21N3O/c1-8-4-5-9-6-14(8,13(9,2)3)10-7-16-17-11(10)12(15)18/h7-9H,4-6H2,1-3H3,(H2,15,18)(H,16,17). The molecule has 1 heterocycles. The van der Waals surface area contributed by atoms with E-state index in [1.54, 1.807) is 0 Å². The molecule has 0 spiro atoms. The van der Waals surface area contributed by atoms with Crippen molar-refractivity contribution in [2.75, 3.05) is 0 Å². The van der Waals surface area contributed by atoms with E-state index in [4.69, 9.17) is 5.73 Å². The van der Waals surface area contributed by atoms with E-state index in [1.807, 2.05) is 6.20 Å². The molecular weight excluding hydrogens is 226 g/mol. The van der Waals surface area contributed by atoms with E-state index in [0.29, 0.717) is 11.6 Å². The van der Waals surface area contributed by atoms with Gasteiger partial charge in [-0.05, 0) is 36.5 Å². The molecule has 3 saturated carbocycles. The Morgan fingerprint density at radius 3 is 2.78 bits per heavy atom. The normalized spacial score (nSPS) is 37.1. The van der Waals surface area contributed by atoms with E-state index in [9.17, 15) is 4.79 Å². The third-order valence-electron chi connectivity index (χ3n) is 5.89. The molecule has 1 aromatic heterocycles. The number of aromatic nitrogens is 2. The maximum absolute atomic E-state index is 11.6. The lowest BCUT2D eigenvalue weighted by Crippen LogP contribution is -2.64. The fraction of sp³-hybridized carbons (Fsp3) is 0.714. The smallest absolute Gasteiger partial charge is 0.267 e. The molecule has 18 heavy (non-hydrogen) atoms. The molecule has 0 aromatic carbocycles. The minimum absolute atomic E-state index is 0.0767. The summed E-state index contributed by atoms with van der Waals surface area (Å²) in [6, 6.07) is 0. The highest BCUT2D eigenvalue weighted by Crippen LogP contribution is 2.70. The molecule has 3 fully saturated rings. The van der Waals surface area contributed by atoms with Crippen LogP contribution in [0.25, 0.3) is 0 Å². The third-order valence-corrected chi connectivity index (χ3v) is 5.89. The maximum Gasteiger partial charge on any atom is 0.267 e. The summed E-state index contributed by atoms with van der Waals surface area (Å²) < 4.78 is 0. The van der Waals surface area contributed by atoms with E-state index in [-0.39, 0.29) is 10.8 Å². The number of nitrogens with one attached hydrogen (secondary N) is 1. The largest absolute Gasteiger partial charge is 0.364 e. The summed E-state index contributed by atoms with van der Waals surface area (Å²) >= 11 is 0. The van der Waals surface area contributed by atoms with Gasteiger partial charge in [0.15, 0.2) is 0 Å². The van der Waals surface area contributed by atoms with Crippen LogP contribution in [0.5, 0.6) is 0 Å². The Bertz CT molecular complexity index is 505. The third kappa shape index (κ3) is 1.11. The van der Waals surface area contributed by atoms with Gasteiger partial charge in [-0.1, -0.05) is 20.8 Å². The average molecular weight is 247 g/mol. The first-order valence-corrected chi connectivity index (χ1v) is 6.75. The maximum atomic E-state index is 11.6. The van der Waals surface area contributed by atoms with Crippen molar-refractivity contribution < 1.29 is 4.79 Å². The van der Waals surface area contributed by atoms with E-state index in [1.165, 1.54) is 19.3 Å². The summed E-state index contributed by atoms with van der Waals surface area (Å²) in [7, 11) is 0. The SMILES string of the molecule is CC1CCC2CC1(c1cn[nH]c1C(N)=O)C2(C)C. The van der Waals surface area contributed by atoms with Gasteiger partial charge in [-0.25, -0.2) is 0 Å². The van der Waals surface area contributed by atoms with Gasteiger partial charge >= 0.3 is 0 Å². The predicted molar refractivity (Wildman–Crippen MR) is 69.1 cm³/mol. The number of fused-ring (bicyclic) bond motifs is 2. The van der Waals surface area contributed by atoms with Crippen LogP contribution in [0.3, 0.4) is 0 Å². The number of hydrogen-bond donors (Lipinski definition) is 2. The highest BCUT2D eigenvalue weighted by atomic mass is 16.1.